The highest BCUT2D eigenvalue weighted by atomic mass is 35.5. The molecule has 124 valence electrons. The molecule has 1 fully saturated rings. The van der Waals surface area contributed by atoms with E-state index in [1.54, 1.807) is 0 Å². The van der Waals surface area contributed by atoms with Gasteiger partial charge in [-0.2, -0.15) is 0 Å². The van der Waals surface area contributed by atoms with Crippen molar-refractivity contribution < 1.29 is 5.11 Å². The maximum atomic E-state index is 11.4. The van der Waals surface area contributed by atoms with E-state index in [0.717, 1.165) is 41.9 Å². The minimum atomic E-state index is -0.981. The molecular formula is C21H22ClNO. The molecule has 0 unspecified atom stereocenters. The molecule has 2 nitrogen and oxygen atoms in total. The summed E-state index contributed by atoms with van der Waals surface area (Å²) in [7, 11) is 0. The summed E-state index contributed by atoms with van der Waals surface area (Å²) in [5.74, 6) is 6.49. The van der Waals surface area contributed by atoms with Gasteiger partial charge in [0.25, 0.3) is 0 Å². The maximum Gasteiger partial charge on any atom is 0.127 e. The molecule has 0 radical (unpaired) electrons. The Morgan fingerprint density at radius 1 is 0.875 bits per heavy atom. The quantitative estimate of drug-likeness (QED) is 0.841. The monoisotopic (exact) mass is 339 g/mol. The van der Waals surface area contributed by atoms with Gasteiger partial charge in [0.2, 0.25) is 0 Å². The molecule has 1 aliphatic heterocycles. The smallest absolute Gasteiger partial charge is 0.127 e. The van der Waals surface area contributed by atoms with Gasteiger partial charge in [-0.25, -0.2) is 0 Å². The standard InChI is InChI=1S/C21H21NO.ClH/c23-21(13-5-6-14-22-15-7-8-16-22)19-11-3-1-9-17(19)18-10-2-4-12-20(18)21;/h1-4,9-12,23H,7-8,13-16H2;1H. The minimum Gasteiger partial charge on any atom is -0.379 e. The third-order valence-electron chi connectivity index (χ3n) is 5.01. The highest BCUT2D eigenvalue weighted by molar-refractivity contribution is 5.85. The van der Waals surface area contributed by atoms with Gasteiger partial charge in [0.05, 0.1) is 6.54 Å². The Morgan fingerprint density at radius 2 is 1.42 bits per heavy atom. The van der Waals surface area contributed by atoms with Crippen LogP contribution in [0.25, 0.3) is 11.1 Å². The topological polar surface area (TPSA) is 23.5 Å². The Hall–Kier alpha value is -1.79. The number of hydrogen-bond donors (Lipinski definition) is 1. The Bertz CT molecular complexity index is 738. The minimum absolute atomic E-state index is 0. The van der Waals surface area contributed by atoms with Gasteiger partial charge in [-0.15, -0.1) is 12.4 Å². The van der Waals surface area contributed by atoms with E-state index < -0.39 is 5.60 Å². The Kier molecular flexibility index (Phi) is 4.96. The predicted octanol–water partition coefficient (Wildman–Crippen LogP) is 3.81. The molecule has 3 heteroatoms. The van der Waals surface area contributed by atoms with Gasteiger partial charge >= 0.3 is 0 Å². The van der Waals surface area contributed by atoms with Crippen LogP contribution in [0.4, 0.5) is 0 Å². The molecule has 0 atom stereocenters. The first-order valence-corrected chi connectivity index (χ1v) is 8.39. The van der Waals surface area contributed by atoms with Crippen LogP contribution in [0.3, 0.4) is 0 Å². The summed E-state index contributed by atoms with van der Waals surface area (Å²) < 4.78 is 0. The van der Waals surface area contributed by atoms with E-state index in [0.29, 0.717) is 6.42 Å². The summed E-state index contributed by atoms with van der Waals surface area (Å²) >= 11 is 0. The molecule has 2 aliphatic rings. The number of hydrogen-bond acceptors (Lipinski definition) is 2. The number of aliphatic hydroxyl groups is 1. The fourth-order valence-corrected chi connectivity index (χ4v) is 3.79. The third-order valence-corrected chi connectivity index (χ3v) is 5.01. The fraction of sp³-hybridized carbons (Fsp3) is 0.333. The van der Waals surface area contributed by atoms with Crippen molar-refractivity contribution in [3.05, 3.63) is 59.7 Å². The van der Waals surface area contributed by atoms with Crippen LogP contribution in [0.1, 0.15) is 30.4 Å². The van der Waals surface area contributed by atoms with Gasteiger partial charge in [-0.1, -0.05) is 60.4 Å². The highest BCUT2D eigenvalue weighted by Crippen LogP contribution is 2.48. The van der Waals surface area contributed by atoms with Crippen LogP contribution in [0.15, 0.2) is 48.5 Å². The molecule has 0 saturated carbocycles. The lowest BCUT2D eigenvalue weighted by molar-refractivity contribution is 0.0914. The van der Waals surface area contributed by atoms with Crippen LogP contribution in [0.2, 0.25) is 0 Å². The molecule has 0 aromatic heterocycles. The molecule has 0 amide bonds. The van der Waals surface area contributed by atoms with E-state index in [1.165, 1.54) is 12.8 Å². The number of rotatable bonds is 2. The van der Waals surface area contributed by atoms with Crippen molar-refractivity contribution >= 4 is 12.4 Å². The van der Waals surface area contributed by atoms with Gasteiger partial charge in [-0.3, -0.25) is 4.90 Å². The van der Waals surface area contributed by atoms with Crippen molar-refractivity contribution in [1.29, 1.82) is 0 Å². The molecule has 4 rings (SSSR count). The zero-order valence-corrected chi connectivity index (χ0v) is 14.5. The van der Waals surface area contributed by atoms with Crippen molar-refractivity contribution in [3.63, 3.8) is 0 Å². The van der Waals surface area contributed by atoms with Gasteiger partial charge < -0.3 is 5.11 Å². The number of fused-ring (bicyclic) bond motifs is 3. The zero-order valence-electron chi connectivity index (χ0n) is 13.7. The molecule has 1 aliphatic carbocycles. The van der Waals surface area contributed by atoms with Gasteiger partial charge in [-0.05, 0) is 48.2 Å². The molecule has 0 spiro atoms. The van der Waals surface area contributed by atoms with E-state index >= 15 is 0 Å². The van der Waals surface area contributed by atoms with Crippen LogP contribution >= 0.6 is 12.4 Å². The average Bonchev–Trinajstić information content (AvgIpc) is 3.19. The third kappa shape index (κ3) is 2.84. The normalized spacial score (nSPS) is 17.4. The van der Waals surface area contributed by atoms with Gasteiger partial charge in [0.15, 0.2) is 0 Å². The van der Waals surface area contributed by atoms with Gasteiger partial charge in [0, 0.05) is 6.42 Å². The number of nitrogens with zero attached hydrogens (tertiary/aromatic N) is 1. The Labute approximate surface area is 149 Å². The Balaban J connectivity index is 0.00000169. The van der Waals surface area contributed by atoms with Crippen molar-refractivity contribution in [1.82, 2.24) is 4.90 Å². The highest BCUT2D eigenvalue weighted by Gasteiger charge is 2.40. The second-order valence-corrected chi connectivity index (χ2v) is 6.47. The van der Waals surface area contributed by atoms with Crippen molar-refractivity contribution in [2.75, 3.05) is 19.6 Å². The fourth-order valence-electron chi connectivity index (χ4n) is 3.79. The van der Waals surface area contributed by atoms with Crippen LogP contribution < -0.4 is 0 Å². The summed E-state index contributed by atoms with van der Waals surface area (Å²) in [4.78, 5) is 2.38. The van der Waals surface area contributed by atoms with E-state index in [1.807, 2.05) is 36.4 Å². The summed E-state index contributed by atoms with van der Waals surface area (Å²) in [6.45, 7) is 3.13. The lowest BCUT2D eigenvalue weighted by Crippen LogP contribution is -2.24. The number of benzene rings is 2. The Morgan fingerprint density at radius 3 is 2.00 bits per heavy atom. The molecular weight excluding hydrogens is 318 g/mol. The molecule has 1 heterocycles. The summed E-state index contributed by atoms with van der Waals surface area (Å²) in [6.07, 6.45) is 3.02. The molecule has 2 aromatic carbocycles. The lowest BCUT2D eigenvalue weighted by atomic mass is 9.88. The number of halogens is 1. The molecule has 1 N–H and O–H groups in total. The molecule has 2 aromatic rings. The molecule has 24 heavy (non-hydrogen) atoms. The first-order chi connectivity index (χ1) is 11.3. The summed E-state index contributed by atoms with van der Waals surface area (Å²) in [6, 6.07) is 16.3. The van der Waals surface area contributed by atoms with E-state index in [9.17, 15) is 5.11 Å². The van der Waals surface area contributed by atoms with Crippen LogP contribution in [-0.2, 0) is 5.60 Å². The van der Waals surface area contributed by atoms with E-state index in [2.05, 4.69) is 28.9 Å². The SMILES string of the molecule is Cl.OC1(CC#CCN2CCCC2)c2ccccc2-c2ccccc21. The first kappa shape index (κ1) is 17.0. The lowest BCUT2D eigenvalue weighted by Gasteiger charge is -2.23. The van der Waals surface area contributed by atoms with Crippen LogP contribution in [-0.4, -0.2) is 29.6 Å². The van der Waals surface area contributed by atoms with E-state index in [4.69, 9.17) is 0 Å². The summed E-state index contributed by atoms with van der Waals surface area (Å²) in [5.41, 5.74) is 3.25. The zero-order chi connectivity index (χ0) is 15.7. The second-order valence-electron chi connectivity index (χ2n) is 6.47. The number of likely N-dealkylation sites (tertiary alicyclic amines) is 1. The molecule has 0 bridgehead atoms. The second kappa shape index (κ2) is 6.99. The molecule has 1 saturated heterocycles. The van der Waals surface area contributed by atoms with Crippen molar-refractivity contribution in [2.24, 2.45) is 0 Å². The average molecular weight is 340 g/mol. The summed E-state index contributed by atoms with van der Waals surface area (Å²) in [5, 5.41) is 11.4. The predicted molar refractivity (Wildman–Crippen MR) is 100 cm³/mol. The van der Waals surface area contributed by atoms with Crippen LogP contribution in [0, 0.1) is 11.8 Å². The van der Waals surface area contributed by atoms with Crippen LogP contribution in [0.5, 0.6) is 0 Å². The maximum absolute atomic E-state index is 11.4. The van der Waals surface area contributed by atoms with Crippen molar-refractivity contribution in [3.8, 4) is 23.0 Å². The van der Waals surface area contributed by atoms with Gasteiger partial charge in [0.1, 0.15) is 5.60 Å². The first-order valence-electron chi connectivity index (χ1n) is 8.39. The largest absolute Gasteiger partial charge is 0.379 e. The van der Waals surface area contributed by atoms with Crippen molar-refractivity contribution in [2.45, 2.75) is 24.9 Å². The van der Waals surface area contributed by atoms with E-state index in [-0.39, 0.29) is 12.4 Å².